The van der Waals surface area contributed by atoms with Crippen molar-refractivity contribution in [2.45, 2.75) is 49.1 Å². The highest BCUT2D eigenvalue weighted by Crippen LogP contribution is 2.68. The van der Waals surface area contributed by atoms with E-state index in [9.17, 15) is 58.1 Å². The van der Waals surface area contributed by atoms with E-state index in [1.165, 1.54) is 35.9 Å². The Balaban J connectivity index is 0.00000320. The number of ether oxygens (including phenoxy) is 2. The lowest BCUT2D eigenvalue weighted by molar-refractivity contribution is -0.746. The van der Waals surface area contributed by atoms with E-state index in [4.69, 9.17) is 45.1 Å². The van der Waals surface area contributed by atoms with E-state index >= 15 is 0 Å². The number of H-pyrrole nitrogens is 2. The van der Waals surface area contributed by atoms with Crippen molar-refractivity contribution in [1.29, 1.82) is 0 Å². The number of aliphatic hydroxyl groups is 4. The number of aliphatic hydroxyl groups excluding tert-OH is 4. The molecule has 6 heterocycles. The van der Waals surface area contributed by atoms with Crippen LogP contribution in [0.15, 0.2) is 22.2 Å². The lowest BCUT2D eigenvalue weighted by Gasteiger charge is -2.33. The fourth-order valence-corrected chi connectivity index (χ4v) is 11.0. The van der Waals surface area contributed by atoms with Gasteiger partial charge in [-0.1, -0.05) is 9.97 Å². The number of nitrogens with one attached hydrogen (secondary N) is 2. The lowest BCUT2D eigenvalue weighted by Crippen LogP contribution is -2.46. The molecular weight excluding hydrogens is 910 g/mol. The Morgan fingerprint density at radius 2 is 1.03 bits per heavy atom. The second-order valence-corrected chi connectivity index (χ2v) is 18.8. The summed E-state index contributed by atoms with van der Waals surface area (Å²) in [4.78, 5) is 61.9. The van der Waals surface area contributed by atoms with Gasteiger partial charge in [-0.3, -0.25) is 47.0 Å². The van der Waals surface area contributed by atoms with Crippen molar-refractivity contribution in [2.24, 2.45) is 14.1 Å². The molecule has 2 fully saturated rings. The van der Waals surface area contributed by atoms with Gasteiger partial charge >= 0.3 is 11.3 Å². The topological polar surface area (TPSA) is 561 Å². The van der Waals surface area contributed by atoms with Crippen LogP contribution in [0.25, 0.3) is 22.3 Å². The molecule has 39 heteroatoms. The van der Waals surface area contributed by atoms with E-state index < -0.39 is 104 Å². The SMILES string of the molecule is N.N.N.N.[B][P@](=O)(OC[C@H]1O[C@@H]([n+]2cn(C)c3c(=O)[nH]c(N)nc32)[C@H](O)[C@@H]1O)OP(=O)([O-])OP(=O)([O-])O[P@@]([B])(=O)OC[C@H]1O[C@@H]([n+]2cn(C)c3c(=O)[nH]c(N)nc32)[C@H](O)[C@@H]1O. The lowest BCUT2D eigenvalue weighted by atomic mass is 10.1. The van der Waals surface area contributed by atoms with Gasteiger partial charge in [0.15, 0.2) is 12.7 Å². The average Bonchev–Trinajstić information content (AvgIpc) is 3.74. The molecule has 0 spiro atoms. The number of nitrogen functional groups attached to an aromatic ring is 2. The van der Waals surface area contributed by atoms with E-state index in [-0.39, 0.29) is 58.8 Å². The van der Waals surface area contributed by atoms with E-state index in [1.807, 2.05) is 0 Å². The van der Waals surface area contributed by atoms with Gasteiger partial charge in [-0.05, 0) is 0 Å². The summed E-state index contributed by atoms with van der Waals surface area (Å²) in [5.41, 5.74) is 9.74. The van der Waals surface area contributed by atoms with Gasteiger partial charge in [0, 0.05) is 0 Å². The standard InChI is InChI=1S/C22H30B2N10O19P4.4H3N/c1-31-5-33(15-9(31)17(39)29-21(25)27-15)19-13(37)11(35)7(49-19)3-47-54(23,41)51-56(43,44)53-57(45,46)52-55(24,42)48-4-8-12(36)14(38)20(50-8)34-6-32(2)10-16(34)28-22(26)30-18(10)40;;;;/h5-8,11-14,19-20,35-38H,3-4H2,1-2H3,(H6-2,25,26,27,28,29,30,39,40,43,44,45,46);4*1H3/t7-,8-,11-,12-,13-,14-,19-,20-,54+,55+;;;;/m1..../s1. The predicted octanol–water partition coefficient (Wildman–Crippen LogP) is -5.26. The van der Waals surface area contributed by atoms with Gasteiger partial charge in [-0.2, -0.15) is 0 Å². The van der Waals surface area contributed by atoms with Gasteiger partial charge in [-0.15, -0.1) is 0 Å². The fraction of sp³-hybridized carbons (Fsp3) is 0.545. The van der Waals surface area contributed by atoms with Gasteiger partial charge < -0.3 is 84.8 Å². The molecule has 0 bridgehead atoms. The molecule has 4 aromatic heterocycles. The first-order valence-corrected chi connectivity index (χ1v) is 21.8. The van der Waals surface area contributed by atoms with E-state index in [2.05, 4.69) is 32.9 Å². The summed E-state index contributed by atoms with van der Waals surface area (Å²) in [6.45, 7) is -2.12. The summed E-state index contributed by atoms with van der Waals surface area (Å²) in [5.74, 6) is -0.590. The molecule has 2 saturated heterocycles. The maximum atomic E-state index is 12.7. The fourth-order valence-electron chi connectivity index (χ4n) is 5.94. The first-order chi connectivity index (χ1) is 26.3. The maximum absolute atomic E-state index is 12.7. The van der Waals surface area contributed by atoms with Crippen molar-refractivity contribution >= 4 is 79.9 Å². The number of anilines is 2. The van der Waals surface area contributed by atoms with Crippen LogP contribution in [0.3, 0.4) is 0 Å². The Morgan fingerprint density at radius 1 is 0.705 bits per heavy atom. The van der Waals surface area contributed by atoms with Gasteiger partial charge in [0.05, 0.1) is 27.3 Å². The molecule has 0 saturated carbocycles. The zero-order valence-corrected chi connectivity index (χ0v) is 35.3. The molecule has 61 heavy (non-hydrogen) atoms. The second kappa shape index (κ2) is 19.2. The second-order valence-electron chi connectivity index (χ2n) is 12.4. The highest BCUT2D eigenvalue weighted by molar-refractivity contribution is 7.85. The molecule has 0 amide bonds. The number of fused-ring (bicyclic) bond motifs is 2. The number of nitrogens with two attached hydrogens (primary N) is 2. The number of hydrogen-bond acceptors (Lipinski definition) is 27. The average molecular weight is 952 g/mol. The van der Waals surface area contributed by atoms with Gasteiger partial charge in [0.25, 0.3) is 53.6 Å². The third-order valence-electron chi connectivity index (χ3n) is 8.27. The van der Waals surface area contributed by atoms with Crippen LogP contribution in [0.5, 0.6) is 0 Å². The van der Waals surface area contributed by atoms with E-state index in [0.29, 0.717) is 0 Å². The maximum Gasteiger partial charge on any atom is 0.313 e. The largest absolute Gasteiger partial charge is 0.756 e. The van der Waals surface area contributed by atoms with E-state index in [1.54, 1.807) is 0 Å². The number of aryl methyl sites for hydroxylation is 2. The van der Waals surface area contributed by atoms with Crippen molar-refractivity contribution in [1.82, 2.24) is 53.7 Å². The van der Waals surface area contributed by atoms with Crippen LogP contribution in [0.4, 0.5) is 11.9 Å². The summed E-state index contributed by atoms with van der Waals surface area (Å²) in [6.07, 6.45) is -10.8. The summed E-state index contributed by atoms with van der Waals surface area (Å²) < 4.78 is 87.3. The monoisotopic (exact) mass is 952 g/mol. The van der Waals surface area contributed by atoms with E-state index in [0.717, 1.165) is 9.13 Å². The molecule has 0 aliphatic carbocycles. The van der Waals surface area contributed by atoms with Gasteiger partial charge in [0.1, 0.15) is 36.6 Å². The number of nitrogens with zero attached hydrogens (tertiary/aromatic N) is 6. The summed E-state index contributed by atoms with van der Waals surface area (Å²) >= 11 is 0. The molecule has 340 valence electrons. The minimum Gasteiger partial charge on any atom is -0.756 e. The minimum atomic E-state index is -6.38. The van der Waals surface area contributed by atoms with Crippen LogP contribution >= 0.6 is 30.6 Å². The number of aromatic amines is 2. The molecule has 4 aromatic rings. The molecule has 12 atom stereocenters. The van der Waals surface area contributed by atoms with Crippen molar-refractivity contribution in [3.05, 3.63) is 33.4 Å². The van der Waals surface area contributed by atoms with Crippen LogP contribution in [0, 0.1) is 0 Å². The summed E-state index contributed by atoms with van der Waals surface area (Å²) in [7, 11) is -10.1. The number of phosphoric acid groups is 2. The van der Waals surface area contributed by atoms with Crippen LogP contribution in [-0.2, 0) is 63.8 Å². The van der Waals surface area contributed by atoms with Gasteiger partial charge in [-0.25, -0.2) is 22.1 Å². The Bertz CT molecular complexity index is 2380. The highest BCUT2D eigenvalue weighted by Gasteiger charge is 2.49. The third-order valence-corrected chi connectivity index (χ3v) is 14.3. The van der Waals surface area contributed by atoms with Gasteiger partial charge in [0.2, 0.25) is 38.6 Å². The number of rotatable bonds is 14. The molecule has 6 rings (SSSR count). The third kappa shape index (κ3) is 11.3. The molecule has 22 N–H and O–H groups in total. The molecule has 2 unspecified atom stereocenters. The molecule has 2 aliphatic rings. The normalized spacial score (nSPS) is 27.7. The quantitative estimate of drug-likeness (QED) is 0.0319. The first-order valence-electron chi connectivity index (χ1n) is 15.7. The van der Waals surface area contributed by atoms with Crippen LogP contribution < -0.4 is 66.1 Å². The first kappa shape index (κ1) is 53.8. The predicted molar refractivity (Wildman–Crippen MR) is 201 cm³/mol. The molecule has 0 aromatic carbocycles. The zero-order chi connectivity index (χ0) is 42.2. The Labute approximate surface area is 343 Å². The number of imidazole rings is 2. The van der Waals surface area contributed by atoms with Crippen molar-refractivity contribution in [3.63, 3.8) is 0 Å². The Hall–Kier alpha value is -3.33. The van der Waals surface area contributed by atoms with Crippen LogP contribution in [0.2, 0.25) is 0 Å². The van der Waals surface area contributed by atoms with Crippen LogP contribution in [0.1, 0.15) is 12.5 Å². The highest BCUT2D eigenvalue weighted by atomic mass is 31.3. The summed E-state index contributed by atoms with van der Waals surface area (Å²) in [5, 5.41) is 42.3. The Morgan fingerprint density at radius 3 is 1.36 bits per heavy atom. The van der Waals surface area contributed by atoms with Crippen molar-refractivity contribution in [2.75, 3.05) is 24.7 Å². The van der Waals surface area contributed by atoms with Crippen molar-refractivity contribution in [3.8, 4) is 0 Å². The van der Waals surface area contributed by atoms with Crippen molar-refractivity contribution < 1.29 is 89.1 Å². The molecular formula is C22H42B2N14O19P4. The molecule has 33 nitrogen and oxygen atoms in total. The summed E-state index contributed by atoms with van der Waals surface area (Å²) in [6, 6.07) is 0. The minimum absolute atomic E-state index is 0. The molecule has 4 radical (unpaired) electrons. The Kier molecular flexibility index (Phi) is 16.9. The number of aromatic nitrogens is 8. The molecule has 2 aliphatic heterocycles. The van der Waals surface area contributed by atoms with Crippen LogP contribution in [-0.4, -0.2) is 114 Å². The number of hydrogen-bond donors (Lipinski definition) is 12. The zero-order valence-electron chi connectivity index (χ0n) is 31.7. The smallest absolute Gasteiger partial charge is 0.313 e.